The van der Waals surface area contributed by atoms with E-state index in [-0.39, 0.29) is 5.92 Å². The minimum Gasteiger partial charge on any atom is -0.497 e. The van der Waals surface area contributed by atoms with E-state index in [2.05, 4.69) is 33.4 Å². The standard InChI is InChI=1S/C24H21BrClN3O2/c1-31-18-8-6-16(7-9-18)13-29-14-21-22(25)10-17(11-24(21)28-29)20(12-27-15-30)19-4-2-3-5-23(19)26/h2-11,14-15,20H,12-13H2,1H3,(H,27,30). The van der Waals surface area contributed by atoms with Gasteiger partial charge in [-0.3, -0.25) is 9.48 Å². The molecule has 0 aliphatic rings. The highest BCUT2D eigenvalue weighted by Gasteiger charge is 2.19. The van der Waals surface area contributed by atoms with Gasteiger partial charge in [0.1, 0.15) is 5.75 Å². The fraction of sp³-hybridized carbons (Fsp3) is 0.167. The van der Waals surface area contributed by atoms with Crippen LogP contribution in [0.15, 0.2) is 71.3 Å². The molecule has 3 aromatic carbocycles. The van der Waals surface area contributed by atoms with Gasteiger partial charge < -0.3 is 10.1 Å². The van der Waals surface area contributed by atoms with Gasteiger partial charge >= 0.3 is 0 Å². The van der Waals surface area contributed by atoms with E-state index in [1.807, 2.05) is 59.4 Å². The molecule has 31 heavy (non-hydrogen) atoms. The number of rotatable bonds is 8. The summed E-state index contributed by atoms with van der Waals surface area (Å²) >= 11 is 10.2. The molecule has 7 heteroatoms. The van der Waals surface area contributed by atoms with E-state index < -0.39 is 0 Å². The van der Waals surface area contributed by atoms with Gasteiger partial charge in [-0.2, -0.15) is 5.10 Å². The molecular formula is C24H21BrClN3O2. The smallest absolute Gasteiger partial charge is 0.207 e. The molecule has 0 aliphatic carbocycles. The Kier molecular flexibility index (Phi) is 6.59. The van der Waals surface area contributed by atoms with Crippen molar-refractivity contribution in [3.63, 3.8) is 0 Å². The van der Waals surface area contributed by atoms with E-state index in [4.69, 9.17) is 21.4 Å². The van der Waals surface area contributed by atoms with Gasteiger partial charge in [-0.15, -0.1) is 0 Å². The molecule has 158 valence electrons. The van der Waals surface area contributed by atoms with Crippen LogP contribution in [0.4, 0.5) is 0 Å². The Balaban J connectivity index is 1.69. The zero-order valence-electron chi connectivity index (χ0n) is 16.9. The third-order valence-electron chi connectivity index (χ3n) is 5.24. The predicted molar refractivity (Wildman–Crippen MR) is 127 cm³/mol. The van der Waals surface area contributed by atoms with E-state index in [9.17, 15) is 4.79 Å². The molecule has 4 rings (SSSR count). The van der Waals surface area contributed by atoms with Gasteiger partial charge in [-0.25, -0.2) is 0 Å². The maximum absolute atomic E-state index is 11.0. The molecule has 1 N–H and O–H groups in total. The lowest BCUT2D eigenvalue weighted by Crippen LogP contribution is -2.21. The van der Waals surface area contributed by atoms with Gasteiger partial charge in [0.05, 0.1) is 19.2 Å². The molecule has 1 aromatic heterocycles. The fourth-order valence-corrected chi connectivity index (χ4v) is 4.52. The first-order valence-corrected chi connectivity index (χ1v) is 11.0. The van der Waals surface area contributed by atoms with E-state index in [0.29, 0.717) is 24.5 Å². The summed E-state index contributed by atoms with van der Waals surface area (Å²) in [6.45, 7) is 1.10. The monoisotopic (exact) mass is 497 g/mol. The van der Waals surface area contributed by atoms with Crippen molar-refractivity contribution < 1.29 is 9.53 Å². The number of benzene rings is 3. The van der Waals surface area contributed by atoms with Crippen LogP contribution in [-0.2, 0) is 11.3 Å². The topological polar surface area (TPSA) is 56.1 Å². The van der Waals surface area contributed by atoms with Crippen LogP contribution in [-0.4, -0.2) is 29.8 Å². The lowest BCUT2D eigenvalue weighted by atomic mass is 9.90. The van der Waals surface area contributed by atoms with E-state index in [1.54, 1.807) is 7.11 Å². The third kappa shape index (κ3) is 4.75. The van der Waals surface area contributed by atoms with Gasteiger partial charge in [0.15, 0.2) is 0 Å². The van der Waals surface area contributed by atoms with Crippen LogP contribution in [0.25, 0.3) is 10.9 Å². The van der Waals surface area contributed by atoms with Gasteiger partial charge in [0.2, 0.25) is 6.41 Å². The molecule has 5 nitrogen and oxygen atoms in total. The number of halogens is 2. The minimum absolute atomic E-state index is 0.0914. The number of carbonyl (C=O) groups excluding carboxylic acids is 1. The SMILES string of the molecule is COc1ccc(Cn2cc3c(Br)cc(C(CNC=O)c4ccccc4Cl)cc3n2)cc1. The molecule has 0 radical (unpaired) electrons. The summed E-state index contributed by atoms with van der Waals surface area (Å²) in [5, 5.41) is 9.27. The quantitative estimate of drug-likeness (QED) is 0.332. The summed E-state index contributed by atoms with van der Waals surface area (Å²) in [6, 6.07) is 19.8. The summed E-state index contributed by atoms with van der Waals surface area (Å²) < 4.78 is 8.10. The second-order valence-electron chi connectivity index (χ2n) is 7.21. The van der Waals surface area contributed by atoms with Crippen molar-refractivity contribution in [3.8, 4) is 5.75 Å². The van der Waals surface area contributed by atoms with Gasteiger partial charge in [0, 0.05) is 33.5 Å². The molecule has 1 heterocycles. The Morgan fingerprint density at radius 2 is 1.97 bits per heavy atom. The first kappa shape index (κ1) is 21.4. The lowest BCUT2D eigenvalue weighted by molar-refractivity contribution is -0.109. The lowest BCUT2D eigenvalue weighted by Gasteiger charge is -2.19. The second kappa shape index (κ2) is 9.54. The van der Waals surface area contributed by atoms with E-state index in [0.717, 1.165) is 37.8 Å². The molecule has 0 bridgehead atoms. The van der Waals surface area contributed by atoms with Gasteiger partial charge in [0.25, 0.3) is 0 Å². The van der Waals surface area contributed by atoms with Gasteiger partial charge in [-0.1, -0.05) is 57.9 Å². The maximum Gasteiger partial charge on any atom is 0.207 e. The van der Waals surface area contributed by atoms with Gasteiger partial charge in [-0.05, 0) is 47.0 Å². The molecule has 0 aliphatic heterocycles. The number of amides is 1. The zero-order valence-corrected chi connectivity index (χ0v) is 19.2. The van der Waals surface area contributed by atoms with Crippen LogP contribution in [0.1, 0.15) is 22.6 Å². The number of carbonyl (C=O) groups is 1. The maximum atomic E-state index is 11.0. The number of ether oxygens (including phenoxy) is 1. The Hall–Kier alpha value is -2.83. The van der Waals surface area contributed by atoms with Crippen molar-refractivity contribution in [2.75, 3.05) is 13.7 Å². The molecule has 0 saturated heterocycles. The third-order valence-corrected chi connectivity index (χ3v) is 6.24. The number of methoxy groups -OCH3 is 1. The van der Waals surface area contributed by atoms with Crippen molar-refractivity contribution in [2.24, 2.45) is 0 Å². The Bertz CT molecular complexity index is 1210. The first-order valence-electron chi connectivity index (χ1n) is 9.80. The molecule has 1 unspecified atom stereocenters. The fourth-order valence-electron chi connectivity index (χ4n) is 3.68. The molecule has 0 fully saturated rings. The summed E-state index contributed by atoms with van der Waals surface area (Å²) in [4.78, 5) is 11.0. The number of hydrogen-bond acceptors (Lipinski definition) is 3. The Morgan fingerprint density at radius 3 is 2.68 bits per heavy atom. The highest BCUT2D eigenvalue weighted by atomic mass is 79.9. The van der Waals surface area contributed by atoms with E-state index >= 15 is 0 Å². The summed E-state index contributed by atoms with van der Waals surface area (Å²) in [5.41, 5.74) is 3.99. The van der Waals surface area contributed by atoms with Crippen LogP contribution < -0.4 is 10.1 Å². The summed E-state index contributed by atoms with van der Waals surface area (Å²) in [5.74, 6) is 0.739. The van der Waals surface area contributed by atoms with Crippen LogP contribution in [0.5, 0.6) is 5.75 Å². The summed E-state index contributed by atoms with van der Waals surface area (Å²) in [6.07, 6.45) is 2.74. The predicted octanol–water partition coefficient (Wildman–Crippen LogP) is 5.39. The number of nitrogens with one attached hydrogen (secondary N) is 1. The molecule has 0 spiro atoms. The Labute approximate surface area is 194 Å². The summed E-state index contributed by atoms with van der Waals surface area (Å²) in [7, 11) is 1.66. The zero-order chi connectivity index (χ0) is 21.8. The molecule has 0 saturated carbocycles. The number of fused-ring (bicyclic) bond motifs is 1. The van der Waals surface area contributed by atoms with Crippen LogP contribution >= 0.6 is 27.5 Å². The van der Waals surface area contributed by atoms with Crippen LogP contribution in [0, 0.1) is 0 Å². The first-order chi connectivity index (χ1) is 15.1. The second-order valence-corrected chi connectivity index (χ2v) is 8.47. The molecular weight excluding hydrogens is 478 g/mol. The number of aromatic nitrogens is 2. The minimum atomic E-state index is -0.0914. The number of hydrogen-bond donors (Lipinski definition) is 1. The highest BCUT2D eigenvalue weighted by Crippen LogP contribution is 2.34. The number of nitrogens with zero attached hydrogens (tertiary/aromatic N) is 2. The molecule has 1 amide bonds. The van der Waals surface area contributed by atoms with Crippen molar-refractivity contribution >= 4 is 44.8 Å². The van der Waals surface area contributed by atoms with Crippen molar-refractivity contribution in [1.82, 2.24) is 15.1 Å². The van der Waals surface area contributed by atoms with Crippen LogP contribution in [0.2, 0.25) is 5.02 Å². The average Bonchev–Trinajstić information content (AvgIpc) is 3.19. The van der Waals surface area contributed by atoms with Crippen molar-refractivity contribution in [3.05, 3.63) is 93.0 Å². The molecule has 4 aromatic rings. The largest absolute Gasteiger partial charge is 0.497 e. The van der Waals surface area contributed by atoms with E-state index in [1.165, 1.54) is 0 Å². The average molecular weight is 499 g/mol. The van der Waals surface area contributed by atoms with Crippen molar-refractivity contribution in [2.45, 2.75) is 12.5 Å². The normalized spacial score (nSPS) is 12.0. The van der Waals surface area contributed by atoms with Crippen molar-refractivity contribution in [1.29, 1.82) is 0 Å². The Morgan fingerprint density at radius 1 is 1.19 bits per heavy atom. The van der Waals surface area contributed by atoms with Crippen LogP contribution in [0.3, 0.4) is 0 Å². The molecule has 1 atom stereocenters. The highest BCUT2D eigenvalue weighted by molar-refractivity contribution is 9.10.